The van der Waals surface area contributed by atoms with Crippen LogP contribution in [0.3, 0.4) is 0 Å². The smallest absolute Gasteiger partial charge is 0.241 e. The second kappa shape index (κ2) is 6.66. The van der Waals surface area contributed by atoms with Gasteiger partial charge in [0, 0.05) is 13.1 Å². The van der Waals surface area contributed by atoms with Gasteiger partial charge in [0.1, 0.15) is 0 Å². The molecule has 1 saturated carbocycles. The maximum Gasteiger partial charge on any atom is 0.241 e. The SMILES string of the molecule is CCC1NC(C2CCCC2)N(CC2CCN(CC)C2)C1=O. The van der Waals surface area contributed by atoms with Crippen LogP contribution in [0, 0.1) is 11.8 Å². The lowest BCUT2D eigenvalue weighted by molar-refractivity contribution is -0.131. The fraction of sp³-hybridized carbons (Fsp3) is 0.941. The molecule has 0 radical (unpaired) electrons. The molecule has 3 unspecified atom stereocenters. The molecule has 120 valence electrons. The quantitative estimate of drug-likeness (QED) is 0.843. The van der Waals surface area contributed by atoms with Crippen molar-refractivity contribution in [1.82, 2.24) is 15.1 Å². The first-order valence-corrected chi connectivity index (χ1v) is 9.01. The molecular formula is C17H31N3O. The number of hydrogen-bond acceptors (Lipinski definition) is 3. The summed E-state index contributed by atoms with van der Waals surface area (Å²) in [5.74, 6) is 1.73. The van der Waals surface area contributed by atoms with E-state index in [4.69, 9.17) is 0 Å². The highest BCUT2D eigenvalue weighted by molar-refractivity contribution is 5.84. The van der Waals surface area contributed by atoms with Gasteiger partial charge >= 0.3 is 0 Å². The van der Waals surface area contributed by atoms with Gasteiger partial charge in [0.25, 0.3) is 0 Å². The van der Waals surface area contributed by atoms with Gasteiger partial charge in [-0.25, -0.2) is 0 Å². The van der Waals surface area contributed by atoms with Gasteiger partial charge in [0.2, 0.25) is 5.91 Å². The van der Waals surface area contributed by atoms with Gasteiger partial charge in [-0.3, -0.25) is 10.1 Å². The second-order valence-electron chi connectivity index (χ2n) is 7.16. The average Bonchev–Trinajstić information content (AvgIpc) is 3.21. The van der Waals surface area contributed by atoms with E-state index in [1.165, 1.54) is 45.2 Å². The van der Waals surface area contributed by atoms with Crippen molar-refractivity contribution in [3.8, 4) is 0 Å². The molecule has 2 heterocycles. The van der Waals surface area contributed by atoms with Crippen molar-refractivity contribution in [3.63, 3.8) is 0 Å². The molecule has 0 aromatic heterocycles. The van der Waals surface area contributed by atoms with Crippen LogP contribution in [0.1, 0.15) is 52.4 Å². The van der Waals surface area contributed by atoms with Crippen molar-refractivity contribution in [2.24, 2.45) is 11.8 Å². The Labute approximate surface area is 129 Å². The molecule has 3 aliphatic rings. The van der Waals surface area contributed by atoms with Crippen molar-refractivity contribution in [2.45, 2.75) is 64.6 Å². The summed E-state index contributed by atoms with van der Waals surface area (Å²) in [5.41, 5.74) is 0. The third kappa shape index (κ3) is 3.11. The van der Waals surface area contributed by atoms with E-state index in [2.05, 4.69) is 29.0 Å². The first-order valence-electron chi connectivity index (χ1n) is 9.01. The van der Waals surface area contributed by atoms with E-state index in [-0.39, 0.29) is 6.04 Å². The Morgan fingerprint density at radius 1 is 1.19 bits per heavy atom. The first kappa shape index (κ1) is 15.3. The summed E-state index contributed by atoms with van der Waals surface area (Å²) in [4.78, 5) is 17.4. The minimum atomic E-state index is 0.0688. The molecular weight excluding hydrogens is 262 g/mol. The van der Waals surface area contributed by atoms with E-state index in [9.17, 15) is 4.79 Å². The summed E-state index contributed by atoms with van der Waals surface area (Å²) >= 11 is 0. The highest BCUT2D eigenvalue weighted by Gasteiger charge is 2.43. The van der Waals surface area contributed by atoms with Crippen molar-refractivity contribution >= 4 is 5.91 Å². The van der Waals surface area contributed by atoms with Crippen molar-refractivity contribution in [2.75, 3.05) is 26.2 Å². The molecule has 1 N–H and O–H groups in total. The molecule has 0 bridgehead atoms. The molecule has 3 rings (SSSR count). The van der Waals surface area contributed by atoms with Crippen LogP contribution < -0.4 is 5.32 Å². The zero-order chi connectivity index (χ0) is 14.8. The van der Waals surface area contributed by atoms with Crippen molar-refractivity contribution in [1.29, 1.82) is 0 Å². The molecule has 0 aromatic rings. The Kier molecular flexibility index (Phi) is 4.85. The molecule has 0 spiro atoms. The van der Waals surface area contributed by atoms with Crippen LogP contribution >= 0.6 is 0 Å². The molecule has 3 atom stereocenters. The first-order chi connectivity index (χ1) is 10.2. The number of nitrogens with one attached hydrogen (secondary N) is 1. The van der Waals surface area contributed by atoms with Crippen LogP contribution in [-0.4, -0.2) is 54.1 Å². The summed E-state index contributed by atoms with van der Waals surface area (Å²) in [5, 5.41) is 3.64. The van der Waals surface area contributed by atoms with E-state index < -0.39 is 0 Å². The van der Waals surface area contributed by atoms with Gasteiger partial charge < -0.3 is 9.80 Å². The van der Waals surface area contributed by atoms with Crippen LogP contribution in [0.2, 0.25) is 0 Å². The molecule has 4 heteroatoms. The van der Waals surface area contributed by atoms with E-state index in [0.29, 0.717) is 23.9 Å². The van der Waals surface area contributed by atoms with Crippen LogP contribution in [0.15, 0.2) is 0 Å². The molecule has 1 aliphatic carbocycles. The third-order valence-corrected chi connectivity index (χ3v) is 5.82. The number of carbonyl (C=O) groups is 1. The maximum atomic E-state index is 12.7. The Morgan fingerprint density at radius 2 is 1.95 bits per heavy atom. The van der Waals surface area contributed by atoms with E-state index in [1.54, 1.807) is 0 Å². The molecule has 4 nitrogen and oxygen atoms in total. The highest BCUT2D eigenvalue weighted by Crippen LogP contribution is 2.33. The minimum absolute atomic E-state index is 0.0688. The minimum Gasteiger partial charge on any atom is -0.325 e. The summed E-state index contributed by atoms with van der Waals surface area (Å²) < 4.78 is 0. The van der Waals surface area contributed by atoms with E-state index >= 15 is 0 Å². The number of nitrogens with zero attached hydrogens (tertiary/aromatic N) is 2. The normalized spacial score (nSPS) is 35.2. The lowest BCUT2D eigenvalue weighted by Gasteiger charge is -2.31. The molecule has 1 amide bonds. The monoisotopic (exact) mass is 293 g/mol. The predicted molar refractivity (Wildman–Crippen MR) is 84.9 cm³/mol. The Morgan fingerprint density at radius 3 is 2.57 bits per heavy atom. The van der Waals surface area contributed by atoms with Gasteiger partial charge in [0.05, 0.1) is 12.2 Å². The number of likely N-dealkylation sites (tertiary alicyclic amines) is 1. The van der Waals surface area contributed by atoms with Gasteiger partial charge in [-0.2, -0.15) is 0 Å². The Bertz CT molecular complexity index is 367. The van der Waals surface area contributed by atoms with Crippen LogP contribution in [0.25, 0.3) is 0 Å². The standard InChI is InChI=1S/C17H31N3O/c1-3-15-17(21)20(12-13-9-10-19(4-2)11-13)16(18-15)14-7-5-6-8-14/h13-16,18H,3-12H2,1-2H3. The zero-order valence-electron chi connectivity index (χ0n) is 13.7. The molecule has 21 heavy (non-hydrogen) atoms. The Hall–Kier alpha value is -0.610. The lowest BCUT2D eigenvalue weighted by Crippen LogP contribution is -2.45. The van der Waals surface area contributed by atoms with Crippen LogP contribution in [0.4, 0.5) is 0 Å². The third-order valence-electron chi connectivity index (χ3n) is 5.82. The number of hydrogen-bond donors (Lipinski definition) is 1. The predicted octanol–water partition coefficient (Wildman–Crippen LogP) is 2.05. The van der Waals surface area contributed by atoms with Crippen LogP contribution in [-0.2, 0) is 4.79 Å². The van der Waals surface area contributed by atoms with Gasteiger partial charge in [-0.1, -0.05) is 26.7 Å². The summed E-state index contributed by atoms with van der Waals surface area (Å²) in [6, 6.07) is 0.0688. The topological polar surface area (TPSA) is 35.6 Å². The second-order valence-corrected chi connectivity index (χ2v) is 7.16. The highest BCUT2D eigenvalue weighted by atomic mass is 16.2. The number of carbonyl (C=O) groups excluding carboxylic acids is 1. The molecule has 3 fully saturated rings. The average molecular weight is 293 g/mol. The van der Waals surface area contributed by atoms with Crippen molar-refractivity contribution in [3.05, 3.63) is 0 Å². The lowest BCUT2D eigenvalue weighted by atomic mass is 10.0. The van der Waals surface area contributed by atoms with E-state index in [1.807, 2.05) is 0 Å². The number of rotatable bonds is 5. The molecule has 2 aliphatic heterocycles. The summed E-state index contributed by atoms with van der Waals surface area (Å²) in [6.45, 7) is 8.86. The maximum absolute atomic E-state index is 12.7. The van der Waals surface area contributed by atoms with Crippen LogP contribution in [0.5, 0.6) is 0 Å². The largest absolute Gasteiger partial charge is 0.325 e. The number of amides is 1. The van der Waals surface area contributed by atoms with Gasteiger partial charge in [-0.15, -0.1) is 0 Å². The molecule has 2 saturated heterocycles. The van der Waals surface area contributed by atoms with Crippen molar-refractivity contribution < 1.29 is 4.79 Å². The fourth-order valence-electron chi connectivity index (χ4n) is 4.49. The zero-order valence-corrected chi connectivity index (χ0v) is 13.7. The fourth-order valence-corrected chi connectivity index (χ4v) is 4.49. The van der Waals surface area contributed by atoms with E-state index in [0.717, 1.165) is 19.5 Å². The molecule has 0 aromatic carbocycles. The summed E-state index contributed by atoms with van der Waals surface area (Å²) in [7, 11) is 0. The Balaban J connectivity index is 1.65. The van der Waals surface area contributed by atoms with Gasteiger partial charge in [0.15, 0.2) is 0 Å². The van der Waals surface area contributed by atoms with Gasteiger partial charge in [-0.05, 0) is 50.6 Å². The summed E-state index contributed by atoms with van der Waals surface area (Å²) in [6.07, 6.45) is 7.77.